The fraction of sp³-hybridized carbons (Fsp3) is 0.514. The van der Waals surface area contributed by atoms with Crippen LogP contribution in [-0.4, -0.2) is 83.3 Å². The van der Waals surface area contributed by atoms with Gasteiger partial charge in [0, 0.05) is 20.8 Å². The second kappa shape index (κ2) is 12.7. The molecule has 1 spiro atoms. The summed E-state index contributed by atoms with van der Waals surface area (Å²) in [5.41, 5.74) is -4.48. The van der Waals surface area contributed by atoms with Gasteiger partial charge in [0.2, 0.25) is 0 Å². The molecule has 2 aromatic carbocycles. The smallest absolute Gasteiger partial charge is 0.338 e. The highest BCUT2D eigenvalue weighted by molar-refractivity contribution is 5.90. The molecule has 12 nitrogen and oxygen atoms in total. The fourth-order valence-electron chi connectivity index (χ4n) is 8.07. The SMILES string of the molecule is CC(=O)OCC12C(OC(C)=O)C(OC(=O)c3ccccc3)CC(C)C13OC(C)(C)C(C(OC(=O)c1ccccc1)C2OC(C)=O)C3O. The average molecular weight is 653 g/mol. The number of esters is 5. The molecule has 9 atom stereocenters. The van der Waals surface area contributed by atoms with Crippen molar-refractivity contribution in [3.8, 4) is 0 Å². The summed E-state index contributed by atoms with van der Waals surface area (Å²) in [7, 11) is 0. The molecule has 3 fully saturated rings. The van der Waals surface area contributed by atoms with E-state index in [2.05, 4.69) is 0 Å². The summed E-state index contributed by atoms with van der Waals surface area (Å²) in [6.45, 7) is 8.02. The maximum absolute atomic E-state index is 13.6. The Kier molecular flexibility index (Phi) is 9.22. The zero-order valence-electron chi connectivity index (χ0n) is 27.2. The van der Waals surface area contributed by atoms with E-state index in [1.54, 1.807) is 81.4 Å². The summed E-state index contributed by atoms with van der Waals surface area (Å²) in [5.74, 6) is -5.47. The van der Waals surface area contributed by atoms with Crippen molar-refractivity contribution in [1.82, 2.24) is 0 Å². The van der Waals surface area contributed by atoms with Crippen molar-refractivity contribution in [2.24, 2.45) is 17.3 Å². The maximum Gasteiger partial charge on any atom is 0.338 e. The van der Waals surface area contributed by atoms with E-state index in [4.69, 9.17) is 28.4 Å². The van der Waals surface area contributed by atoms with Crippen LogP contribution >= 0.6 is 0 Å². The van der Waals surface area contributed by atoms with Crippen LogP contribution < -0.4 is 0 Å². The molecule has 1 aliphatic heterocycles. The molecular weight excluding hydrogens is 612 g/mol. The van der Waals surface area contributed by atoms with Crippen molar-refractivity contribution in [1.29, 1.82) is 0 Å². The first-order valence-electron chi connectivity index (χ1n) is 15.5. The zero-order chi connectivity index (χ0) is 34.3. The quantitative estimate of drug-likeness (QED) is 0.327. The molecule has 5 rings (SSSR count). The van der Waals surface area contributed by atoms with Crippen molar-refractivity contribution in [3.63, 3.8) is 0 Å². The Labute approximate surface area is 272 Å². The molecule has 1 heterocycles. The van der Waals surface area contributed by atoms with Gasteiger partial charge in [-0.1, -0.05) is 43.3 Å². The van der Waals surface area contributed by atoms with E-state index in [-0.39, 0.29) is 17.5 Å². The van der Waals surface area contributed by atoms with E-state index in [1.165, 1.54) is 6.92 Å². The molecule has 3 aliphatic rings. The molecule has 0 aromatic heterocycles. The Morgan fingerprint density at radius 3 is 1.79 bits per heavy atom. The summed E-state index contributed by atoms with van der Waals surface area (Å²) >= 11 is 0. The standard InChI is InChI=1S/C35H40O12/c1-19-17-25(45-31(40)23-13-9-7-10-14-23)29(43-21(3)37)34(18-42-20(2)36)30(44-22(4)38)27(46-32(41)24-15-11-8-12-16-24)26-28(39)35(19,34)47-33(26,5)6/h7-16,19,25-30,39H,17-18H2,1-6H3. The average Bonchev–Trinajstić information content (AvgIpc) is 3.19. The highest BCUT2D eigenvalue weighted by Gasteiger charge is 2.84. The lowest BCUT2D eigenvalue weighted by Gasteiger charge is -2.64. The first-order chi connectivity index (χ1) is 22.2. The van der Waals surface area contributed by atoms with Crippen LogP contribution in [0.1, 0.15) is 68.7 Å². The lowest BCUT2D eigenvalue weighted by atomic mass is 9.47. The minimum Gasteiger partial charge on any atom is -0.465 e. The van der Waals surface area contributed by atoms with Crippen molar-refractivity contribution in [2.75, 3.05) is 6.61 Å². The lowest BCUT2D eigenvalue weighted by molar-refractivity contribution is -0.328. The van der Waals surface area contributed by atoms with E-state index in [0.717, 1.165) is 13.8 Å². The number of ether oxygens (including phenoxy) is 6. The van der Waals surface area contributed by atoms with Crippen LogP contribution in [0.5, 0.6) is 0 Å². The van der Waals surface area contributed by atoms with Gasteiger partial charge in [-0.25, -0.2) is 9.59 Å². The summed E-state index contributed by atoms with van der Waals surface area (Å²) in [5, 5.41) is 12.4. The van der Waals surface area contributed by atoms with Crippen molar-refractivity contribution in [3.05, 3.63) is 71.8 Å². The van der Waals surface area contributed by atoms with Gasteiger partial charge in [0.15, 0.2) is 12.2 Å². The topological polar surface area (TPSA) is 161 Å². The number of carbonyl (C=O) groups is 5. The molecule has 47 heavy (non-hydrogen) atoms. The second-order valence-corrected chi connectivity index (χ2v) is 13.0. The Balaban J connectivity index is 1.75. The highest BCUT2D eigenvalue weighted by Crippen LogP contribution is 2.68. The minimum atomic E-state index is -1.96. The van der Waals surface area contributed by atoms with Crippen LogP contribution in [-0.2, 0) is 42.8 Å². The van der Waals surface area contributed by atoms with E-state index < -0.39 is 95.4 Å². The number of aliphatic hydroxyl groups excluding tert-OH is 1. The Hall–Kier alpha value is -4.29. The molecule has 9 unspecified atom stereocenters. The van der Waals surface area contributed by atoms with Crippen LogP contribution in [0, 0.1) is 17.3 Å². The molecule has 1 saturated heterocycles. The van der Waals surface area contributed by atoms with Gasteiger partial charge >= 0.3 is 29.8 Å². The van der Waals surface area contributed by atoms with Gasteiger partial charge in [-0.3, -0.25) is 14.4 Å². The fourth-order valence-corrected chi connectivity index (χ4v) is 8.07. The van der Waals surface area contributed by atoms with E-state index in [1.807, 2.05) is 0 Å². The molecule has 2 aromatic rings. The van der Waals surface area contributed by atoms with Crippen LogP contribution in [0.2, 0.25) is 0 Å². The summed E-state index contributed by atoms with van der Waals surface area (Å²) < 4.78 is 36.7. The number of benzene rings is 2. The van der Waals surface area contributed by atoms with Crippen LogP contribution in [0.4, 0.5) is 0 Å². The van der Waals surface area contributed by atoms with E-state index in [9.17, 15) is 29.1 Å². The number of hydrogen-bond acceptors (Lipinski definition) is 12. The van der Waals surface area contributed by atoms with Crippen molar-refractivity contribution in [2.45, 2.75) is 89.7 Å². The zero-order valence-corrected chi connectivity index (χ0v) is 27.2. The molecule has 2 aliphatic carbocycles. The number of aliphatic hydroxyl groups is 1. The van der Waals surface area contributed by atoms with Crippen LogP contribution in [0.3, 0.4) is 0 Å². The lowest BCUT2D eigenvalue weighted by Crippen LogP contribution is -2.81. The van der Waals surface area contributed by atoms with Gasteiger partial charge in [0.05, 0.1) is 28.7 Å². The third-order valence-electron chi connectivity index (χ3n) is 9.69. The van der Waals surface area contributed by atoms with Gasteiger partial charge in [-0.15, -0.1) is 0 Å². The molecule has 0 radical (unpaired) electrons. The number of hydrogen-bond donors (Lipinski definition) is 1. The predicted molar refractivity (Wildman–Crippen MR) is 163 cm³/mol. The first-order valence-corrected chi connectivity index (χ1v) is 15.5. The predicted octanol–water partition coefficient (Wildman–Crippen LogP) is 3.43. The van der Waals surface area contributed by atoms with Gasteiger partial charge in [0.1, 0.15) is 29.8 Å². The molecular formula is C35H40O12. The molecule has 0 amide bonds. The summed E-state index contributed by atoms with van der Waals surface area (Å²) in [6.07, 6.45) is -7.03. The molecule has 12 heteroatoms. The monoisotopic (exact) mass is 652 g/mol. The number of carbonyl (C=O) groups excluding carboxylic acids is 5. The third kappa shape index (κ3) is 5.78. The Bertz CT molecular complexity index is 1520. The maximum atomic E-state index is 13.6. The van der Waals surface area contributed by atoms with Gasteiger partial charge in [-0.05, 0) is 50.5 Å². The van der Waals surface area contributed by atoms with Gasteiger partial charge in [-0.2, -0.15) is 0 Å². The number of fused-ring (bicyclic) bond motifs is 1. The molecule has 252 valence electrons. The summed E-state index contributed by atoms with van der Waals surface area (Å²) in [4.78, 5) is 65.4. The first kappa shape index (κ1) is 34.1. The Morgan fingerprint density at radius 1 is 0.766 bits per heavy atom. The molecule has 2 saturated carbocycles. The minimum absolute atomic E-state index is 0.0411. The summed E-state index contributed by atoms with van der Waals surface area (Å²) in [6, 6.07) is 16.3. The van der Waals surface area contributed by atoms with E-state index >= 15 is 0 Å². The normalized spacial score (nSPS) is 33.5. The van der Waals surface area contributed by atoms with Crippen LogP contribution in [0.25, 0.3) is 0 Å². The Morgan fingerprint density at radius 2 is 1.28 bits per heavy atom. The van der Waals surface area contributed by atoms with Crippen molar-refractivity contribution >= 4 is 29.8 Å². The largest absolute Gasteiger partial charge is 0.465 e. The highest BCUT2D eigenvalue weighted by atomic mass is 16.6. The van der Waals surface area contributed by atoms with Crippen LogP contribution in [0.15, 0.2) is 60.7 Å². The third-order valence-corrected chi connectivity index (χ3v) is 9.69. The molecule has 1 N–H and O–H groups in total. The van der Waals surface area contributed by atoms with Gasteiger partial charge < -0.3 is 33.5 Å². The second-order valence-electron chi connectivity index (χ2n) is 13.0. The number of rotatable bonds is 8. The molecule has 2 bridgehead atoms. The van der Waals surface area contributed by atoms with E-state index in [0.29, 0.717) is 0 Å². The van der Waals surface area contributed by atoms with Gasteiger partial charge in [0.25, 0.3) is 0 Å². The van der Waals surface area contributed by atoms with Crippen molar-refractivity contribution < 1.29 is 57.5 Å².